The molecule has 0 bridgehead atoms. The number of rotatable bonds is 0. The Morgan fingerprint density at radius 2 is 0.854 bits per heavy atom. The normalized spacial score (nSPS) is 17.7. The molecular formula is C35H29N2O2P2+. The molecule has 0 amide bonds. The van der Waals surface area contributed by atoms with Gasteiger partial charge in [0.2, 0.25) is 10.6 Å². The van der Waals surface area contributed by atoms with Gasteiger partial charge >= 0.3 is 7.80 Å². The van der Waals surface area contributed by atoms with Crippen molar-refractivity contribution < 1.29 is 9.13 Å². The first-order valence-electron chi connectivity index (χ1n) is 13.6. The zero-order valence-corrected chi connectivity index (χ0v) is 24.9. The molecule has 0 spiro atoms. The highest BCUT2D eigenvalue weighted by atomic mass is 31.2. The summed E-state index contributed by atoms with van der Waals surface area (Å²) >= 11 is 0. The molecule has 0 aromatic heterocycles. The van der Waals surface area contributed by atoms with Crippen LogP contribution in [0.2, 0.25) is 0 Å². The summed E-state index contributed by atoms with van der Waals surface area (Å²) in [5.41, 5.74) is 3.37. The molecule has 0 saturated carbocycles. The van der Waals surface area contributed by atoms with E-state index in [1.165, 1.54) is 0 Å². The van der Waals surface area contributed by atoms with Crippen LogP contribution in [-0.2, 0) is 9.13 Å². The molecular weight excluding hydrogens is 542 g/mol. The lowest BCUT2D eigenvalue weighted by Gasteiger charge is -2.30. The van der Waals surface area contributed by atoms with Crippen molar-refractivity contribution in [3.05, 3.63) is 121 Å². The Kier molecular flexibility index (Phi) is 6.08. The van der Waals surface area contributed by atoms with Crippen LogP contribution in [0.15, 0.2) is 121 Å². The average molecular weight is 572 g/mol. The van der Waals surface area contributed by atoms with Crippen LogP contribution in [0, 0.1) is 0 Å². The van der Waals surface area contributed by atoms with Crippen molar-refractivity contribution in [2.24, 2.45) is 0 Å². The SMILES string of the molecule is CN1c2ccccc2[P+](=O)c2ccccc2N(C)c2cc3ccccc3cc2P(C)(=O)c2cc3ccccc3cc21. The second-order valence-corrected chi connectivity index (χ2v) is 15.1. The molecule has 6 heteroatoms. The number of para-hydroxylation sites is 2. The Morgan fingerprint density at radius 3 is 1.27 bits per heavy atom. The van der Waals surface area contributed by atoms with E-state index in [2.05, 4.69) is 58.3 Å². The second kappa shape index (κ2) is 9.70. The molecule has 0 N–H and O–H groups in total. The Morgan fingerprint density at radius 1 is 0.512 bits per heavy atom. The van der Waals surface area contributed by atoms with Crippen molar-refractivity contribution in [3.8, 4) is 0 Å². The predicted octanol–water partition coefficient (Wildman–Crippen LogP) is 7.56. The third-order valence-corrected chi connectivity index (χ3v) is 12.4. The highest BCUT2D eigenvalue weighted by molar-refractivity contribution is 7.78. The third-order valence-electron chi connectivity index (χ3n) is 8.25. The van der Waals surface area contributed by atoms with E-state index < -0.39 is 14.9 Å². The molecule has 6 aromatic carbocycles. The minimum atomic E-state index is -3.20. The van der Waals surface area contributed by atoms with Crippen LogP contribution in [0.1, 0.15) is 0 Å². The summed E-state index contributed by atoms with van der Waals surface area (Å²) in [5.74, 6) is 0. The number of fused-ring (bicyclic) bond motifs is 6. The molecule has 0 fully saturated rings. The van der Waals surface area contributed by atoms with Crippen LogP contribution in [0.5, 0.6) is 0 Å². The fraction of sp³-hybridized carbons (Fsp3) is 0.0857. The monoisotopic (exact) mass is 571 g/mol. The van der Waals surface area contributed by atoms with Gasteiger partial charge < -0.3 is 14.4 Å². The Hall–Kier alpha value is -4.23. The van der Waals surface area contributed by atoms with Gasteiger partial charge in [0.1, 0.15) is 7.14 Å². The van der Waals surface area contributed by atoms with Crippen LogP contribution in [0.3, 0.4) is 0 Å². The highest BCUT2D eigenvalue weighted by Gasteiger charge is 2.37. The number of hydrogen-bond donors (Lipinski definition) is 0. The average Bonchev–Trinajstić information content (AvgIpc) is 3.02. The maximum Gasteiger partial charge on any atom is 0.419 e. The number of nitrogens with zero attached hydrogens (tertiary/aromatic N) is 2. The predicted molar refractivity (Wildman–Crippen MR) is 177 cm³/mol. The van der Waals surface area contributed by atoms with Gasteiger partial charge in [-0.1, -0.05) is 77.4 Å². The van der Waals surface area contributed by atoms with Crippen LogP contribution in [-0.4, -0.2) is 20.8 Å². The lowest BCUT2D eigenvalue weighted by atomic mass is 10.1. The first-order chi connectivity index (χ1) is 19.8. The molecule has 1 aliphatic heterocycles. The minimum absolute atomic E-state index is 0.746. The zero-order valence-electron chi connectivity index (χ0n) is 23.2. The van der Waals surface area contributed by atoms with E-state index in [4.69, 9.17) is 0 Å². The summed E-state index contributed by atoms with van der Waals surface area (Å²) in [4.78, 5) is 4.13. The summed E-state index contributed by atoms with van der Waals surface area (Å²) in [5, 5.41) is 7.25. The van der Waals surface area contributed by atoms with Crippen LogP contribution >= 0.6 is 14.9 Å². The van der Waals surface area contributed by atoms with Crippen molar-refractivity contribution in [1.29, 1.82) is 0 Å². The Balaban J connectivity index is 1.65. The van der Waals surface area contributed by atoms with Gasteiger partial charge in [0.25, 0.3) is 0 Å². The van der Waals surface area contributed by atoms with E-state index in [0.717, 1.165) is 65.5 Å². The quantitative estimate of drug-likeness (QED) is 0.177. The summed E-state index contributed by atoms with van der Waals surface area (Å²) in [6.07, 6.45) is 0. The molecule has 0 aliphatic carbocycles. The van der Waals surface area contributed by atoms with Gasteiger partial charge in [-0.25, -0.2) is 0 Å². The number of hydrogen-bond acceptors (Lipinski definition) is 4. The molecule has 1 heterocycles. The van der Waals surface area contributed by atoms with E-state index in [0.29, 0.717) is 0 Å². The summed E-state index contributed by atoms with van der Waals surface area (Å²) in [6.45, 7) is 1.89. The fourth-order valence-electron chi connectivity index (χ4n) is 6.01. The first kappa shape index (κ1) is 25.7. The molecule has 0 atom stereocenters. The van der Waals surface area contributed by atoms with Gasteiger partial charge in [0.05, 0.1) is 22.7 Å². The van der Waals surface area contributed by atoms with Crippen LogP contribution in [0.4, 0.5) is 22.7 Å². The Labute approximate surface area is 241 Å². The molecule has 200 valence electrons. The summed E-state index contributed by atoms with van der Waals surface area (Å²) in [6, 6.07) is 40.5. The molecule has 0 radical (unpaired) electrons. The molecule has 1 aliphatic rings. The molecule has 0 saturated heterocycles. The van der Waals surface area contributed by atoms with Crippen molar-refractivity contribution in [3.63, 3.8) is 0 Å². The van der Waals surface area contributed by atoms with E-state index >= 15 is 4.57 Å². The molecule has 7 rings (SSSR count). The zero-order chi connectivity index (χ0) is 28.3. The van der Waals surface area contributed by atoms with Gasteiger partial charge in [-0.15, -0.1) is 0 Å². The van der Waals surface area contributed by atoms with Crippen molar-refractivity contribution in [1.82, 2.24) is 0 Å². The van der Waals surface area contributed by atoms with Gasteiger partial charge in [-0.2, -0.15) is 0 Å². The fourth-order valence-corrected chi connectivity index (χ4v) is 9.91. The summed E-state index contributed by atoms with van der Waals surface area (Å²) < 4.78 is 29.9. The third kappa shape index (κ3) is 4.10. The first-order valence-corrected chi connectivity index (χ1v) is 17.0. The highest BCUT2D eigenvalue weighted by Crippen LogP contribution is 2.49. The van der Waals surface area contributed by atoms with Crippen LogP contribution in [0.25, 0.3) is 21.5 Å². The maximum absolute atomic E-state index is 15.5. The number of anilines is 4. The number of benzene rings is 6. The lowest BCUT2D eigenvalue weighted by Crippen LogP contribution is -2.30. The smallest absolute Gasteiger partial charge is 0.340 e. The van der Waals surface area contributed by atoms with Gasteiger partial charge in [-0.3, -0.25) is 0 Å². The standard InChI is InChI=1S/C35H29N2O2P2/c1-36-28-16-8-10-18-32(28)40(38)33-19-11-9-17-29(33)37(2)31-21-25-13-5-7-15-27(25)23-35(31)41(3,39)34-22-26-14-6-4-12-24(26)20-30(34)36/h4-23H,1-3H3/q+1. The molecule has 41 heavy (non-hydrogen) atoms. The lowest BCUT2D eigenvalue weighted by molar-refractivity contribution is 0.590. The van der Waals surface area contributed by atoms with Gasteiger partial charge in [0.15, 0.2) is 0 Å². The van der Waals surface area contributed by atoms with Gasteiger partial charge in [0, 0.05) is 24.7 Å². The maximum atomic E-state index is 15.5. The van der Waals surface area contributed by atoms with E-state index in [1.807, 2.05) is 93.6 Å². The second-order valence-electron chi connectivity index (χ2n) is 10.7. The minimum Gasteiger partial charge on any atom is -0.340 e. The topological polar surface area (TPSA) is 40.6 Å². The van der Waals surface area contributed by atoms with Crippen molar-refractivity contribution in [2.75, 3.05) is 30.6 Å². The van der Waals surface area contributed by atoms with Crippen LogP contribution < -0.4 is 31.0 Å². The van der Waals surface area contributed by atoms with E-state index in [9.17, 15) is 4.57 Å². The molecule has 4 nitrogen and oxygen atoms in total. The van der Waals surface area contributed by atoms with Crippen molar-refractivity contribution >= 4 is 80.5 Å². The largest absolute Gasteiger partial charge is 0.419 e. The van der Waals surface area contributed by atoms with Gasteiger partial charge in [-0.05, 0) is 76.7 Å². The van der Waals surface area contributed by atoms with E-state index in [1.54, 1.807) is 0 Å². The summed E-state index contributed by atoms with van der Waals surface area (Å²) in [7, 11) is -1.17. The molecule has 0 unspecified atom stereocenters. The Bertz CT molecular complexity index is 1930. The van der Waals surface area contributed by atoms with Crippen molar-refractivity contribution in [2.45, 2.75) is 0 Å². The van der Waals surface area contributed by atoms with E-state index in [-0.39, 0.29) is 0 Å². The molecule has 6 aromatic rings.